The zero-order valence-corrected chi connectivity index (χ0v) is 7.30. The second-order valence-electron chi connectivity index (χ2n) is 3.15. The number of hydrogen-bond acceptors (Lipinski definition) is 4. The molecule has 0 bridgehead atoms. The van der Waals surface area contributed by atoms with Crippen LogP contribution in [0.1, 0.15) is 6.92 Å². The molecule has 2 fully saturated rings. The third-order valence-electron chi connectivity index (χ3n) is 2.26. The molecule has 0 aromatic heterocycles. The van der Waals surface area contributed by atoms with E-state index >= 15 is 0 Å². The molecule has 2 saturated heterocycles. The molecule has 12 heavy (non-hydrogen) atoms. The first-order chi connectivity index (χ1) is 5.88. The fraction of sp³-hybridized carbons (Fsp3) is 0.875. The summed E-state index contributed by atoms with van der Waals surface area (Å²) in [5.74, 6) is 1.20. The SMILES string of the molecule is C[C](C1NCCO1)C1NCCO1. The minimum atomic E-state index is 0.0839. The van der Waals surface area contributed by atoms with Crippen molar-refractivity contribution in [1.82, 2.24) is 10.6 Å². The van der Waals surface area contributed by atoms with Crippen LogP contribution >= 0.6 is 0 Å². The predicted octanol–water partition coefficient (Wildman–Crippen LogP) is -0.527. The molecule has 0 spiro atoms. The van der Waals surface area contributed by atoms with E-state index in [2.05, 4.69) is 17.6 Å². The van der Waals surface area contributed by atoms with E-state index in [-0.39, 0.29) is 12.5 Å². The van der Waals surface area contributed by atoms with E-state index in [0.717, 1.165) is 26.3 Å². The lowest BCUT2D eigenvalue weighted by atomic mass is 10.1. The molecule has 2 heterocycles. The molecule has 2 aliphatic heterocycles. The lowest BCUT2D eigenvalue weighted by Gasteiger charge is -2.23. The third-order valence-corrected chi connectivity index (χ3v) is 2.26. The summed E-state index contributed by atoms with van der Waals surface area (Å²) in [5.41, 5.74) is 0. The van der Waals surface area contributed by atoms with Crippen molar-refractivity contribution in [3.05, 3.63) is 5.92 Å². The zero-order chi connectivity index (χ0) is 8.39. The van der Waals surface area contributed by atoms with Gasteiger partial charge < -0.3 is 9.47 Å². The summed E-state index contributed by atoms with van der Waals surface area (Å²) in [6.07, 6.45) is 0.168. The normalized spacial score (nSPS) is 36.5. The van der Waals surface area contributed by atoms with Gasteiger partial charge in [0.25, 0.3) is 0 Å². The largest absolute Gasteiger partial charge is 0.361 e. The smallest absolute Gasteiger partial charge is 0.118 e. The number of nitrogens with one attached hydrogen (secondary N) is 2. The van der Waals surface area contributed by atoms with Crippen molar-refractivity contribution in [3.63, 3.8) is 0 Å². The molecular formula is C8H15N2O2. The van der Waals surface area contributed by atoms with Crippen molar-refractivity contribution in [3.8, 4) is 0 Å². The van der Waals surface area contributed by atoms with E-state index in [1.165, 1.54) is 5.92 Å². The summed E-state index contributed by atoms with van der Waals surface area (Å²) in [6.45, 7) is 5.54. The Morgan fingerprint density at radius 2 is 1.58 bits per heavy atom. The average Bonchev–Trinajstić information content (AvgIpc) is 2.77. The lowest BCUT2D eigenvalue weighted by molar-refractivity contribution is 0.0471. The summed E-state index contributed by atoms with van der Waals surface area (Å²) in [5, 5.41) is 6.51. The predicted molar refractivity (Wildman–Crippen MR) is 44.4 cm³/mol. The van der Waals surface area contributed by atoms with Gasteiger partial charge in [-0.2, -0.15) is 0 Å². The molecule has 0 aliphatic carbocycles. The average molecular weight is 171 g/mol. The van der Waals surface area contributed by atoms with Gasteiger partial charge in [-0.05, 0) is 0 Å². The van der Waals surface area contributed by atoms with Gasteiger partial charge in [0.2, 0.25) is 0 Å². The molecule has 2 unspecified atom stereocenters. The van der Waals surface area contributed by atoms with Crippen molar-refractivity contribution in [2.24, 2.45) is 0 Å². The van der Waals surface area contributed by atoms with Crippen LogP contribution in [0, 0.1) is 5.92 Å². The van der Waals surface area contributed by atoms with Crippen LogP contribution in [0.25, 0.3) is 0 Å². The summed E-state index contributed by atoms with van der Waals surface area (Å²) in [7, 11) is 0. The monoisotopic (exact) mass is 171 g/mol. The molecular weight excluding hydrogens is 156 g/mol. The van der Waals surface area contributed by atoms with Crippen LogP contribution in [-0.4, -0.2) is 38.8 Å². The van der Waals surface area contributed by atoms with Crippen LogP contribution in [0.15, 0.2) is 0 Å². The summed E-state index contributed by atoms with van der Waals surface area (Å²) in [4.78, 5) is 0. The Labute approximate surface area is 72.6 Å². The van der Waals surface area contributed by atoms with Gasteiger partial charge in [-0.3, -0.25) is 10.6 Å². The standard InChI is InChI=1S/C8H15N2O2/c1-6(7-9-2-4-11-7)8-10-3-5-12-8/h7-10H,2-5H2,1H3. The van der Waals surface area contributed by atoms with Crippen LogP contribution in [0.2, 0.25) is 0 Å². The van der Waals surface area contributed by atoms with Crippen LogP contribution < -0.4 is 10.6 Å². The van der Waals surface area contributed by atoms with Crippen molar-refractivity contribution in [1.29, 1.82) is 0 Å². The Balaban J connectivity index is 1.84. The summed E-state index contributed by atoms with van der Waals surface area (Å²) in [6, 6.07) is 0. The molecule has 4 heteroatoms. The second-order valence-corrected chi connectivity index (χ2v) is 3.15. The maximum atomic E-state index is 5.46. The van der Waals surface area contributed by atoms with Crippen LogP contribution in [0.5, 0.6) is 0 Å². The van der Waals surface area contributed by atoms with E-state index in [9.17, 15) is 0 Å². The van der Waals surface area contributed by atoms with E-state index in [4.69, 9.17) is 9.47 Å². The molecule has 0 amide bonds. The first-order valence-electron chi connectivity index (χ1n) is 4.41. The van der Waals surface area contributed by atoms with Crippen molar-refractivity contribution >= 4 is 0 Å². The highest BCUT2D eigenvalue weighted by Gasteiger charge is 2.31. The maximum absolute atomic E-state index is 5.46. The number of ether oxygens (including phenoxy) is 2. The van der Waals surface area contributed by atoms with Crippen molar-refractivity contribution in [2.45, 2.75) is 19.4 Å². The Morgan fingerprint density at radius 3 is 1.92 bits per heavy atom. The van der Waals surface area contributed by atoms with Crippen LogP contribution in [-0.2, 0) is 9.47 Å². The van der Waals surface area contributed by atoms with E-state index in [1.54, 1.807) is 0 Å². The van der Waals surface area contributed by atoms with Gasteiger partial charge in [0.1, 0.15) is 12.5 Å². The molecule has 2 atom stereocenters. The van der Waals surface area contributed by atoms with Gasteiger partial charge in [0, 0.05) is 13.1 Å². The van der Waals surface area contributed by atoms with Gasteiger partial charge in [0.15, 0.2) is 0 Å². The Kier molecular flexibility index (Phi) is 2.60. The maximum Gasteiger partial charge on any atom is 0.118 e. The van der Waals surface area contributed by atoms with Crippen LogP contribution in [0.4, 0.5) is 0 Å². The third kappa shape index (κ3) is 1.61. The Bertz CT molecular complexity index is 126. The highest BCUT2D eigenvalue weighted by atomic mass is 16.5. The van der Waals surface area contributed by atoms with E-state index in [1.807, 2.05) is 0 Å². The van der Waals surface area contributed by atoms with Crippen molar-refractivity contribution in [2.75, 3.05) is 26.3 Å². The minimum Gasteiger partial charge on any atom is -0.361 e. The highest BCUT2D eigenvalue weighted by Crippen LogP contribution is 2.18. The molecule has 69 valence electrons. The lowest BCUT2D eigenvalue weighted by Crippen LogP contribution is -2.40. The van der Waals surface area contributed by atoms with Gasteiger partial charge in [-0.25, -0.2) is 0 Å². The van der Waals surface area contributed by atoms with Gasteiger partial charge in [-0.15, -0.1) is 0 Å². The molecule has 0 saturated carbocycles. The second kappa shape index (κ2) is 3.70. The first-order valence-corrected chi connectivity index (χ1v) is 4.41. The first kappa shape index (κ1) is 8.44. The molecule has 0 aromatic carbocycles. The molecule has 4 nitrogen and oxygen atoms in total. The number of hydrogen-bond donors (Lipinski definition) is 2. The molecule has 2 aliphatic rings. The van der Waals surface area contributed by atoms with E-state index < -0.39 is 0 Å². The van der Waals surface area contributed by atoms with Gasteiger partial charge >= 0.3 is 0 Å². The number of rotatable bonds is 2. The molecule has 1 radical (unpaired) electrons. The summed E-state index contributed by atoms with van der Waals surface area (Å²) < 4.78 is 10.9. The fourth-order valence-electron chi connectivity index (χ4n) is 1.57. The van der Waals surface area contributed by atoms with Crippen molar-refractivity contribution < 1.29 is 9.47 Å². The highest BCUT2D eigenvalue weighted by molar-refractivity contribution is 5.01. The Hall–Kier alpha value is -0.160. The van der Waals surface area contributed by atoms with Gasteiger partial charge in [-0.1, -0.05) is 6.92 Å². The fourth-order valence-corrected chi connectivity index (χ4v) is 1.57. The summed E-state index contributed by atoms with van der Waals surface area (Å²) >= 11 is 0. The van der Waals surface area contributed by atoms with E-state index in [0.29, 0.717) is 0 Å². The van der Waals surface area contributed by atoms with Gasteiger partial charge in [0.05, 0.1) is 19.1 Å². The quantitative estimate of drug-likeness (QED) is 0.586. The molecule has 2 rings (SSSR count). The topological polar surface area (TPSA) is 42.5 Å². The molecule has 2 N–H and O–H groups in total. The molecule has 0 aromatic rings. The van der Waals surface area contributed by atoms with Crippen LogP contribution in [0.3, 0.4) is 0 Å². The minimum absolute atomic E-state index is 0.0839. The Morgan fingerprint density at radius 1 is 1.08 bits per heavy atom. The zero-order valence-electron chi connectivity index (χ0n) is 7.30.